The highest BCUT2D eigenvalue weighted by atomic mass is 16.5. The molecule has 6 nitrogen and oxygen atoms in total. The van der Waals surface area contributed by atoms with Crippen LogP contribution in [0.5, 0.6) is 0 Å². The van der Waals surface area contributed by atoms with E-state index in [9.17, 15) is 0 Å². The van der Waals surface area contributed by atoms with Crippen LogP contribution in [-0.2, 0) is 31.4 Å². The second-order valence-corrected chi connectivity index (χ2v) is 5.71. The molecule has 0 unspecified atom stereocenters. The third-order valence-electron chi connectivity index (χ3n) is 3.86. The van der Waals surface area contributed by atoms with Crippen LogP contribution in [0.3, 0.4) is 0 Å². The van der Waals surface area contributed by atoms with Gasteiger partial charge in [0.05, 0.1) is 19.3 Å². The van der Waals surface area contributed by atoms with Crippen LogP contribution in [0.4, 0.5) is 0 Å². The second kappa shape index (κ2) is 6.41. The molecule has 0 spiro atoms. The predicted octanol–water partition coefficient (Wildman–Crippen LogP) is 1.29. The van der Waals surface area contributed by atoms with E-state index in [-0.39, 0.29) is 0 Å². The molecule has 3 rings (SSSR count). The first-order valence-corrected chi connectivity index (χ1v) is 7.52. The SMILES string of the molecule is CCOC[C@H]1CN(Cc2cnn(C)c2)Cc2nccn2C1. The first-order chi connectivity index (χ1) is 10.2. The van der Waals surface area contributed by atoms with E-state index in [0.29, 0.717) is 5.92 Å². The Bertz CT molecular complexity index is 576. The summed E-state index contributed by atoms with van der Waals surface area (Å²) in [4.78, 5) is 6.93. The van der Waals surface area contributed by atoms with Crippen molar-refractivity contribution >= 4 is 0 Å². The van der Waals surface area contributed by atoms with Gasteiger partial charge in [-0.2, -0.15) is 5.10 Å². The molecule has 0 N–H and O–H groups in total. The lowest BCUT2D eigenvalue weighted by Crippen LogP contribution is -2.30. The lowest BCUT2D eigenvalue weighted by Gasteiger charge is -2.23. The van der Waals surface area contributed by atoms with Crippen molar-refractivity contribution in [3.05, 3.63) is 36.2 Å². The van der Waals surface area contributed by atoms with Gasteiger partial charge in [-0.15, -0.1) is 0 Å². The molecule has 1 aliphatic rings. The minimum Gasteiger partial charge on any atom is -0.381 e. The van der Waals surface area contributed by atoms with Crippen molar-refractivity contribution < 1.29 is 4.74 Å². The van der Waals surface area contributed by atoms with Gasteiger partial charge < -0.3 is 9.30 Å². The number of fused-ring (bicyclic) bond motifs is 1. The highest BCUT2D eigenvalue weighted by Gasteiger charge is 2.22. The number of ether oxygens (including phenoxy) is 1. The number of rotatable bonds is 5. The Labute approximate surface area is 125 Å². The van der Waals surface area contributed by atoms with Crippen molar-refractivity contribution in [2.24, 2.45) is 13.0 Å². The summed E-state index contributed by atoms with van der Waals surface area (Å²) in [7, 11) is 1.95. The van der Waals surface area contributed by atoms with Crippen LogP contribution in [0.15, 0.2) is 24.8 Å². The highest BCUT2D eigenvalue weighted by molar-refractivity contribution is 5.04. The van der Waals surface area contributed by atoms with E-state index in [1.54, 1.807) is 0 Å². The molecule has 2 aromatic rings. The predicted molar refractivity (Wildman–Crippen MR) is 79.5 cm³/mol. The topological polar surface area (TPSA) is 48.1 Å². The van der Waals surface area contributed by atoms with Gasteiger partial charge in [-0.25, -0.2) is 4.98 Å². The fourth-order valence-electron chi connectivity index (χ4n) is 2.95. The van der Waals surface area contributed by atoms with Crippen LogP contribution in [0, 0.1) is 5.92 Å². The summed E-state index contributed by atoms with van der Waals surface area (Å²) in [6, 6.07) is 0. The molecule has 1 atom stereocenters. The molecule has 0 bridgehead atoms. The maximum absolute atomic E-state index is 5.65. The van der Waals surface area contributed by atoms with Crippen molar-refractivity contribution in [2.75, 3.05) is 19.8 Å². The van der Waals surface area contributed by atoms with Gasteiger partial charge in [0.2, 0.25) is 0 Å². The third kappa shape index (κ3) is 3.51. The molecule has 0 saturated carbocycles. The van der Waals surface area contributed by atoms with E-state index in [2.05, 4.69) is 31.9 Å². The van der Waals surface area contributed by atoms with Crippen molar-refractivity contribution in [1.82, 2.24) is 24.2 Å². The molecular formula is C15H23N5O. The molecule has 0 aromatic carbocycles. The Kier molecular flexibility index (Phi) is 4.36. The molecule has 1 aliphatic heterocycles. The first kappa shape index (κ1) is 14.3. The largest absolute Gasteiger partial charge is 0.381 e. The normalized spacial score (nSPS) is 19.4. The molecule has 114 valence electrons. The van der Waals surface area contributed by atoms with Crippen molar-refractivity contribution in [2.45, 2.75) is 26.6 Å². The van der Waals surface area contributed by atoms with E-state index in [0.717, 1.165) is 45.2 Å². The van der Waals surface area contributed by atoms with Gasteiger partial charge in [-0.3, -0.25) is 9.58 Å². The molecule has 2 aromatic heterocycles. The van der Waals surface area contributed by atoms with Crippen LogP contribution in [0.25, 0.3) is 0 Å². The third-order valence-corrected chi connectivity index (χ3v) is 3.86. The monoisotopic (exact) mass is 289 g/mol. The zero-order chi connectivity index (χ0) is 14.7. The van der Waals surface area contributed by atoms with Crippen LogP contribution in [0.1, 0.15) is 18.3 Å². The number of imidazole rings is 1. The van der Waals surface area contributed by atoms with Crippen LogP contribution >= 0.6 is 0 Å². The smallest absolute Gasteiger partial charge is 0.122 e. The van der Waals surface area contributed by atoms with Gasteiger partial charge in [0.15, 0.2) is 0 Å². The number of nitrogens with zero attached hydrogens (tertiary/aromatic N) is 5. The van der Waals surface area contributed by atoms with Crippen molar-refractivity contribution in [1.29, 1.82) is 0 Å². The maximum atomic E-state index is 5.65. The highest BCUT2D eigenvalue weighted by Crippen LogP contribution is 2.18. The summed E-state index contributed by atoms with van der Waals surface area (Å²) < 4.78 is 9.76. The maximum Gasteiger partial charge on any atom is 0.122 e. The van der Waals surface area contributed by atoms with E-state index < -0.39 is 0 Å². The summed E-state index contributed by atoms with van der Waals surface area (Å²) >= 11 is 0. The Morgan fingerprint density at radius 3 is 3.05 bits per heavy atom. The summed E-state index contributed by atoms with van der Waals surface area (Å²) in [5.41, 5.74) is 1.24. The summed E-state index contributed by atoms with van der Waals surface area (Å²) in [5.74, 6) is 1.63. The number of aromatic nitrogens is 4. The Hall–Kier alpha value is -1.66. The Morgan fingerprint density at radius 2 is 2.29 bits per heavy atom. The lowest BCUT2D eigenvalue weighted by molar-refractivity contribution is 0.0851. The number of aryl methyl sites for hydroxylation is 1. The van der Waals surface area contributed by atoms with Crippen LogP contribution in [0.2, 0.25) is 0 Å². The van der Waals surface area contributed by atoms with Gasteiger partial charge in [0.1, 0.15) is 5.82 Å². The fraction of sp³-hybridized carbons (Fsp3) is 0.600. The molecule has 0 aliphatic carbocycles. The standard InChI is InChI=1S/C15H23N5O/c1-3-21-12-14-9-19(8-13-6-17-18(2)7-13)11-15-16-4-5-20(15)10-14/h4-7,14H,3,8-12H2,1-2H3/t14-/m0/s1. The first-order valence-electron chi connectivity index (χ1n) is 7.52. The minimum absolute atomic E-state index is 0.497. The average Bonchev–Trinajstić information content (AvgIpc) is 3.02. The van der Waals surface area contributed by atoms with Crippen LogP contribution in [-0.4, -0.2) is 44.0 Å². The zero-order valence-corrected chi connectivity index (χ0v) is 12.8. The zero-order valence-electron chi connectivity index (χ0n) is 12.8. The lowest BCUT2D eigenvalue weighted by atomic mass is 10.1. The summed E-state index contributed by atoms with van der Waals surface area (Å²) in [6.07, 6.45) is 7.98. The van der Waals surface area contributed by atoms with Gasteiger partial charge in [-0.05, 0) is 6.92 Å². The molecule has 6 heteroatoms. The second-order valence-electron chi connectivity index (χ2n) is 5.71. The van der Waals surface area contributed by atoms with E-state index in [4.69, 9.17) is 4.74 Å². The van der Waals surface area contributed by atoms with Gasteiger partial charge in [0.25, 0.3) is 0 Å². The van der Waals surface area contributed by atoms with Crippen LogP contribution < -0.4 is 0 Å². The van der Waals surface area contributed by atoms with Gasteiger partial charge in [-0.1, -0.05) is 0 Å². The van der Waals surface area contributed by atoms with E-state index in [1.807, 2.05) is 31.0 Å². The fourth-order valence-corrected chi connectivity index (χ4v) is 2.95. The molecular weight excluding hydrogens is 266 g/mol. The van der Waals surface area contributed by atoms with Gasteiger partial charge >= 0.3 is 0 Å². The molecule has 0 radical (unpaired) electrons. The molecule has 21 heavy (non-hydrogen) atoms. The van der Waals surface area contributed by atoms with Crippen molar-refractivity contribution in [3.63, 3.8) is 0 Å². The van der Waals surface area contributed by atoms with Crippen molar-refractivity contribution in [3.8, 4) is 0 Å². The molecule has 0 fully saturated rings. The van der Waals surface area contributed by atoms with E-state index in [1.165, 1.54) is 5.56 Å². The minimum atomic E-state index is 0.497. The summed E-state index contributed by atoms with van der Waals surface area (Å²) in [5, 5.41) is 4.25. The Balaban J connectivity index is 1.73. The number of hydrogen-bond donors (Lipinski definition) is 0. The average molecular weight is 289 g/mol. The van der Waals surface area contributed by atoms with E-state index >= 15 is 0 Å². The Morgan fingerprint density at radius 1 is 1.38 bits per heavy atom. The molecule has 3 heterocycles. The molecule has 0 amide bonds. The van der Waals surface area contributed by atoms with Gasteiger partial charge in [0, 0.05) is 63.4 Å². The quantitative estimate of drug-likeness (QED) is 0.832. The summed E-state index contributed by atoms with van der Waals surface area (Å²) in [6.45, 7) is 7.42. The number of hydrogen-bond acceptors (Lipinski definition) is 4. The molecule has 0 saturated heterocycles.